The van der Waals surface area contributed by atoms with E-state index in [1.165, 1.54) is 17.7 Å². The molecule has 0 radical (unpaired) electrons. The molecule has 0 saturated heterocycles. The van der Waals surface area contributed by atoms with E-state index in [2.05, 4.69) is 24.4 Å². The van der Waals surface area contributed by atoms with Gasteiger partial charge in [0.2, 0.25) is 0 Å². The highest BCUT2D eigenvalue weighted by molar-refractivity contribution is 7.12. The minimum absolute atomic E-state index is 0.272. The molecule has 0 fully saturated rings. The second-order valence-electron chi connectivity index (χ2n) is 5.71. The molecule has 1 N–H and O–H groups in total. The predicted molar refractivity (Wildman–Crippen MR) is 103 cm³/mol. The molecule has 1 aliphatic rings. The second kappa shape index (κ2) is 6.61. The number of hydrogen-bond donors (Lipinski definition) is 1. The maximum absolute atomic E-state index is 13.3. The van der Waals surface area contributed by atoms with Gasteiger partial charge in [0.1, 0.15) is 11.7 Å². The number of nitrogens with one attached hydrogen (secondary N) is 1. The summed E-state index contributed by atoms with van der Waals surface area (Å²) in [7, 11) is 0. The molecule has 2 heterocycles. The summed E-state index contributed by atoms with van der Waals surface area (Å²) >= 11 is 1.61. The van der Waals surface area contributed by atoms with Crippen LogP contribution in [0.3, 0.4) is 0 Å². The number of halogens is 1. The van der Waals surface area contributed by atoms with Gasteiger partial charge in [-0.1, -0.05) is 19.1 Å². The normalized spacial score (nSPS) is 13.4. The van der Waals surface area contributed by atoms with Crippen LogP contribution in [0.2, 0.25) is 0 Å². The number of amidine groups is 2. The van der Waals surface area contributed by atoms with Crippen LogP contribution < -0.4 is 5.32 Å². The van der Waals surface area contributed by atoms with Crippen molar-refractivity contribution in [3.05, 3.63) is 81.8 Å². The monoisotopic (exact) mass is 349 g/mol. The van der Waals surface area contributed by atoms with E-state index >= 15 is 0 Å². The standard InChI is InChI=1S/C20H16FN3S/c1-2-13-5-10-16-17(12-13)23-20(18-4-3-11-25-18)24-19(22-16)14-6-8-15(21)9-7-14/h3-12H,2H2,1H3,(H,22,23,24). The topological polar surface area (TPSA) is 36.8 Å². The molecule has 1 aliphatic heterocycles. The van der Waals surface area contributed by atoms with Crippen LogP contribution in [-0.2, 0) is 6.42 Å². The molecule has 0 aliphatic carbocycles. The highest BCUT2D eigenvalue weighted by atomic mass is 32.1. The Balaban J connectivity index is 1.87. The van der Waals surface area contributed by atoms with Gasteiger partial charge in [0.15, 0.2) is 5.84 Å². The minimum Gasteiger partial charge on any atom is -0.337 e. The summed E-state index contributed by atoms with van der Waals surface area (Å²) in [6.45, 7) is 2.12. The number of anilines is 1. The van der Waals surface area contributed by atoms with Gasteiger partial charge in [-0.05, 0) is 59.8 Å². The third-order valence-electron chi connectivity index (χ3n) is 4.02. The van der Waals surface area contributed by atoms with Gasteiger partial charge in [-0.3, -0.25) is 0 Å². The fraction of sp³-hybridized carbons (Fsp3) is 0.100. The summed E-state index contributed by atoms with van der Waals surface area (Å²) in [5.41, 5.74) is 3.78. The molecule has 4 rings (SSSR count). The van der Waals surface area contributed by atoms with E-state index in [-0.39, 0.29) is 5.82 Å². The summed E-state index contributed by atoms with van der Waals surface area (Å²) in [5, 5.41) is 5.44. The van der Waals surface area contributed by atoms with Gasteiger partial charge < -0.3 is 5.32 Å². The number of fused-ring (bicyclic) bond motifs is 1. The lowest BCUT2D eigenvalue weighted by Gasteiger charge is -2.09. The van der Waals surface area contributed by atoms with Gasteiger partial charge in [-0.15, -0.1) is 11.3 Å². The molecule has 0 amide bonds. The van der Waals surface area contributed by atoms with Crippen LogP contribution in [0, 0.1) is 5.82 Å². The summed E-state index contributed by atoms with van der Waals surface area (Å²) in [6.07, 6.45) is 0.953. The van der Waals surface area contributed by atoms with Crippen LogP contribution in [0.4, 0.5) is 15.8 Å². The molecule has 5 heteroatoms. The number of aliphatic imine (C=N–C) groups is 2. The number of rotatable bonds is 3. The number of thiophene rings is 1. The average molecular weight is 349 g/mol. The van der Waals surface area contributed by atoms with E-state index in [0.29, 0.717) is 5.84 Å². The van der Waals surface area contributed by atoms with E-state index in [0.717, 1.165) is 34.1 Å². The molecule has 3 aromatic rings. The highest BCUT2D eigenvalue weighted by Crippen LogP contribution is 2.31. The number of benzene rings is 2. The van der Waals surface area contributed by atoms with Crippen molar-refractivity contribution < 1.29 is 4.39 Å². The average Bonchev–Trinajstić information content (AvgIpc) is 3.10. The first-order valence-electron chi connectivity index (χ1n) is 8.10. The zero-order valence-electron chi connectivity index (χ0n) is 13.7. The Labute approximate surface area is 149 Å². The van der Waals surface area contributed by atoms with Crippen LogP contribution in [0.5, 0.6) is 0 Å². The molecular weight excluding hydrogens is 333 g/mol. The fourth-order valence-electron chi connectivity index (χ4n) is 2.66. The van der Waals surface area contributed by atoms with E-state index < -0.39 is 0 Å². The Kier molecular flexibility index (Phi) is 4.15. The zero-order chi connectivity index (χ0) is 17.2. The lowest BCUT2D eigenvalue weighted by molar-refractivity contribution is 0.628. The van der Waals surface area contributed by atoms with Crippen molar-refractivity contribution in [3.8, 4) is 0 Å². The second-order valence-corrected chi connectivity index (χ2v) is 6.66. The predicted octanol–water partition coefficient (Wildman–Crippen LogP) is 5.40. The lowest BCUT2D eigenvalue weighted by Crippen LogP contribution is -2.13. The largest absolute Gasteiger partial charge is 0.337 e. The highest BCUT2D eigenvalue weighted by Gasteiger charge is 2.16. The summed E-state index contributed by atoms with van der Waals surface area (Å²) in [4.78, 5) is 10.5. The molecule has 0 spiro atoms. The Hall–Kier alpha value is -2.79. The van der Waals surface area contributed by atoms with E-state index in [4.69, 9.17) is 9.98 Å². The van der Waals surface area contributed by atoms with Crippen molar-refractivity contribution in [2.45, 2.75) is 13.3 Å². The summed E-state index contributed by atoms with van der Waals surface area (Å²) in [6, 6.07) is 16.5. The molecule has 0 bridgehead atoms. The molecule has 0 atom stereocenters. The number of aryl methyl sites for hydroxylation is 1. The molecule has 1 aromatic heterocycles. The van der Waals surface area contributed by atoms with Crippen molar-refractivity contribution in [3.63, 3.8) is 0 Å². The van der Waals surface area contributed by atoms with E-state index in [9.17, 15) is 4.39 Å². The van der Waals surface area contributed by atoms with Crippen molar-refractivity contribution in [1.29, 1.82) is 0 Å². The smallest absolute Gasteiger partial charge is 0.162 e. The molecule has 25 heavy (non-hydrogen) atoms. The molecule has 0 saturated carbocycles. The van der Waals surface area contributed by atoms with Gasteiger partial charge in [0, 0.05) is 5.56 Å². The molecular formula is C20H16FN3S. The Morgan fingerprint density at radius 1 is 1.04 bits per heavy atom. The van der Waals surface area contributed by atoms with Crippen molar-refractivity contribution in [2.24, 2.45) is 9.98 Å². The minimum atomic E-state index is -0.272. The van der Waals surface area contributed by atoms with Gasteiger partial charge in [0.05, 0.1) is 16.3 Å². The van der Waals surface area contributed by atoms with Crippen LogP contribution in [0.15, 0.2) is 70.0 Å². The Morgan fingerprint density at radius 3 is 2.60 bits per heavy atom. The molecule has 2 aromatic carbocycles. The van der Waals surface area contributed by atoms with Crippen molar-refractivity contribution in [1.82, 2.24) is 0 Å². The summed E-state index contributed by atoms with van der Waals surface area (Å²) in [5.74, 6) is 1.05. The SMILES string of the molecule is CCc1ccc2c(c1)NC(c1cccs1)=NC(c1ccc(F)cc1)=N2. The lowest BCUT2D eigenvalue weighted by atomic mass is 10.1. The van der Waals surface area contributed by atoms with Crippen molar-refractivity contribution in [2.75, 3.05) is 5.32 Å². The number of hydrogen-bond acceptors (Lipinski definition) is 4. The van der Waals surface area contributed by atoms with Gasteiger partial charge in [0.25, 0.3) is 0 Å². The summed E-state index contributed by atoms with van der Waals surface area (Å²) < 4.78 is 13.3. The third kappa shape index (κ3) is 3.23. The van der Waals surface area contributed by atoms with Crippen LogP contribution >= 0.6 is 11.3 Å². The van der Waals surface area contributed by atoms with Crippen LogP contribution in [0.1, 0.15) is 22.9 Å². The maximum atomic E-state index is 13.3. The quantitative estimate of drug-likeness (QED) is 0.675. The van der Waals surface area contributed by atoms with Crippen molar-refractivity contribution >= 4 is 34.4 Å². The van der Waals surface area contributed by atoms with E-state index in [1.54, 1.807) is 23.5 Å². The Morgan fingerprint density at radius 2 is 1.88 bits per heavy atom. The van der Waals surface area contributed by atoms with Gasteiger partial charge in [-0.25, -0.2) is 14.4 Å². The third-order valence-corrected chi connectivity index (χ3v) is 4.90. The maximum Gasteiger partial charge on any atom is 0.162 e. The first-order valence-corrected chi connectivity index (χ1v) is 8.98. The van der Waals surface area contributed by atoms with Crippen LogP contribution in [0.25, 0.3) is 0 Å². The van der Waals surface area contributed by atoms with Gasteiger partial charge in [-0.2, -0.15) is 0 Å². The zero-order valence-corrected chi connectivity index (χ0v) is 14.5. The fourth-order valence-corrected chi connectivity index (χ4v) is 3.33. The first kappa shape index (κ1) is 15.7. The van der Waals surface area contributed by atoms with Crippen LogP contribution in [-0.4, -0.2) is 11.7 Å². The molecule has 3 nitrogen and oxygen atoms in total. The molecule has 0 unspecified atom stereocenters. The Bertz CT molecular complexity index is 957. The van der Waals surface area contributed by atoms with Gasteiger partial charge >= 0.3 is 0 Å². The molecule has 124 valence electrons. The first-order chi connectivity index (χ1) is 12.2. The van der Waals surface area contributed by atoms with E-state index in [1.807, 2.05) is 23.6 Å². The number of nitrogens with zero attached hydrogens (tertiary/aromatic N) is 2.